The number of carboxylic acid groups (broad SMARTS) is 1. The zero-order chi connectivity index (χ0) is 13.6. The van der Waals surface area contributed by atoms with E-state index in [2.05, 4.69) is 10.6 Å². The minimum Gasteiger partial charge on any atom is -0.481 e. The Kier molecular flexibility index (Phi) is 5.65. The molecule has 0 aromatic heterocycles. The molecule has 17 heavy (non-hydrogen) atoms. The molecule has 0 saturated heterocycles. The molecule has 96 valence electrons. The van der Waals surface area contributed by atoms with Crippen LogP contribution in [0.3, 0.4) is 0 Å². The normalized spacial score (nSPS) is 13.3. The standard InChI is InChI=1S/C9H15N3O5/c1-4(11-9(10)17)8(16)12-6(5(2)13)3-7(14)15/h4,6H,3H2,1-2H3,(H,12,16)(H,14,15)(H3,10,11,17). The molecule has 8 nitrogen and oxygen atoms in total. The van der Waals surface area contributed by atoms with E-state index < -0.39 is 42.2 Å². The fourth-order valence-electron chi connectivity index (χ4n) is 1.05. The van der Waals surface area contributed by atoms with Gasteiger partial charge in [-0.15, -0.1) is 0 Å². The van der Waals surface area contributed by atoms with Crippen molar-refractivity contribution < 1.29 is 24.3 Å². The second-order valence-electron chi connectivity index (χ2n) is 3.50. The van der Waals surface area contributed by atoms with E-state index in [9.17, 15) is 19.2 Å². The molecule has 0 radical (unpaired) electrons. The molecule has 3 amide bonds. The summed E-state index contributed by atoms with van der Waals surface area (Å²) in [6, 6.07) is -2.94. The van der Waals surface area contributed by atoms with Crippen molar-refractivity contribution in [1.29, 1.82) is 0 Å². The Bertz CT molecular complexity index is 342. The number of carbonyl (C=O) groups excluding carboxylic acids is 3. The summed E-state index contributed by atoms with van der Waals surface area (Å²) >= 11 is 0. The van der Waals surface area contributed by atoms with Crippen LogP contribution in [0.1, 0.15) is 20.3 Å². The number of Topliss-reactive ketones (excluding diaryl/α,β-unsaturated/α-hetero) is 1. The predicted molar refractivity (Wildman–Crippen MR) is 57.0 cm³/mol. The van der Waals surface area contributed by atoms with Gasteiger partial charge in [0.2, 0.25) is 5.91 Å². The molecule has 0 aliphatic carbocycles. The van der Waals surface area contributed by atoms with Crippen molar-refractivity contribution in [1.82, 2.24) is 10.6 Å². The number of aliphatic carboxylic acids is 1. The lowest BCUT2D eigenvalue weighted by molar-refractivity contribution is -0.140. The summed E-state index contributed by atoms with van der Waals surface area (Å²) in [4.78, 5) is 43.4. The van der Waals surface area contributed by atoms with Gasteiger partial charge >= 0.3 is 12.0 Å². The number of carboxylic acids is 1. The van der Waals surface area contributed by atoms with E-state index in [0.29, 0.717) is 0 Å². The van der Waals surface area contributed by atoms with Crippen LogP contribution in [0.15, 0.2) is 0 Å². The molecule has 8 heteroatoms. The first kappa shape index (κ1) is 14.9. The first-order valence-corrected chi connectivity index (χ1v) is 4.82. The number of nitrogens with two attached hydrogens (primary N) is 1. The maximum Gasteiger partial charge on any atom is 0.312 e. The second-order valence-corrected chi connectivity index (χ2v) is 3.50. The van der Waals surface area contributed by atoms with Crippen molar-refractivity contribution in [3.05, 3.63) is 0 Å². The van der Waals surface area contributed by atoms with Gasteiger partial charge in [0.15, 0.2) is 5.78 Å². The highest BCUT2D eigenvalue weighted by Crippen LogP contribution is 1.95. The molecule has 0 aliphatic rings. The molecule has 0 aliphatic heterocycles. The van der Waals surface area contributed by atoms with Gasteiger partial charge in [-0.1, -0.05) is 0 Å². The summed E-state index contributed by atoms with van der Waals surface area (Å²) in [5, 5.41) is 12.9. The third-order valence-corrected chi connectivity index (χ3v) is 1.94. The number of hydrogen-bond acceptors (Lipinski definition) is 4. The lowest BCUT2D eigenvalue weighted by Gasteiger charge is -2.17. The van der Waals surface area contributed by atoms with Gasteiger partial charge in [0, 0.05) is 0 Å². The Morgan fingerprint density at radius 3 is 2.12 bits per heavy atom. The van der Waals surface area contributed by atoms with E-state index in [-0.39, 0.29) is 0 Å². The van der Waals surface area contributed by atoms with Crippen LogP contribution in [0.2, 0.25) is 0 Å². The van der Waals surface area contributed by atoms with Crippen LogP contribution in [0.25, 0.3) is 0 Å². The number of carbonyl (C=O) groups is 4. The monoisotopic (exact) mass is 245 g/mol. The van der Waals surface area contributed by atoms with Crippen LogP contribution < -0.4 is 16.4 Å². The largest absolute Gasteiger partial charge is 0.481 e. The Balaban J connectivity index is 4.44. The van der Waals surface area contributed by atoms with Crippen LogP contribution in [0, 0.1) is 0 Å². The minimum atomic E-state index is -1.21. The number of amides is 3. The first-order valence-electron chi connectivity index (χ1n) is 4.82. The van der Waals surface area contributed by atoms with Crippen molar-refractivity contribution in [2.24, 2.45) is 5.73 Å². The molecule has 5 N–H and O–H groups in total. The van der Waals surface area contributed by atoms with Crippen LogP contribution >= 0.6 is 0 Å². The third-order valence-electron chi connectivity index (χ3n) is 1.94. The van der Waals surface area contributed by atoms with E-state index >= 15 is 0 Å². The number of urea groups is 1. The van der Waals surface area contributed by atoms with Crippen LogP contribution in [0.5, 0.6) is 0 Å². The average molecular weight is 245 g/mol. The van der Waals surface area contributed by atoms with Gasteiger partial charge in [-0.25, -0.2) is 4.79 Å². The smallest absolute Gasteiger partial charge is 0.312 e. The Morgan fingerprint density at radius 1 is 1.24 bits per heavy atom. The van der Waals surface area contributed by atoms with Crippen molar-refractivity contribution in [2.45, 2.75) is 32.4 Å². The Morgan fingerprint density at radius 2 is 1.76 bits per heavy atom. The summed E-state index contributed by atoms with van der Waals surface area (Å²) in [7, 11) is 0. The van der Waals surface area contributed by atoms with E-state index in [1.54, 1.807) is 0 Å². The highest BCUT2D eigenvalue weighted by Gasteiger charge is 2.23. The number of ketones is 1. The molecule has 2 atom stereocenters. The molecular weight excluding hydrogens is 230 g/mol. The Hall–Kier alpha value is -2.12. The van der Waals surface area contributed by atoms with Gasteiger partial charge in [-0.3, -0.25) is 14.4 Å². The van der Waals surface area contributed by atoms with E-state index in [1.807, 2.05) is 0 Å². The van der Waals surface area contributed by atoms with Gasteiger partial charge in [-0.05, 0) is 13.8 Å². The lowest BCUT2D eigenvalue weighted by Crippen LogP contribution is -2.51. The van der Waals surface area contributed by atoms with Crippen molar-refractivity contribution in [3.8, 4) is 0 Å². The maximum absolute atomic E-state index is 11.4. The van der Waals surface area contributed by atoms with Crippen LogP contribution in [0.4, 0.5) is 4.79 Å². The fraction of sp³-hybridized carbons (Fsp3) is 0.556. The minimum absolute atomic E-state index is 0.480. The van der Waals surface area contributed by atoms with Crippen LogP contribution in [-0.4, -0.2) is 40.9 Å². The summed E-state index contributed by atoms with van der Waals surface area (Å²) < 4.78 is 0. The number of hydrogen-bond donors (Lipinski definition) is 4. The molecule has 0 heterocycles. The van der Waals surface area contributed by atoms with Crippen molar-refractivity contribution in [2.75, 3.05) is 0 Å². The lowest BCUT2D eigenvalue weighted by atomic mass is 10.1. The highest BCUT2D eigenvalue weighted by molar-refractivity contribution is 5.93. The summed E-state index contributed by atoms with van der Waals surface area (Å²) in [5.74, 6) is -2.36. The zero-order valence-electron chi connectivity index (χ0n) is 9.52. The summed E-state index contributed by atoms with van der Waals surface area (Å²) in [6.07, 6.45) is -0.510. The van der Waals surface area contributed by atoms with Crippen LogP contribution in [-0.2, 0) is 14.4 Å². The molecular formula is C9H15N3O5. The van der Waals surface area contributed by atoms with Gasteiger partial charge in [-0.2, -0.15) is 0 Å². The van der Waals surface area contributed by atoms with Gasteiger partial charge in [0.1, 0.15) is 6.04 Å². The molecule has 0 bridgehead atoms. The van der Waals surface area contributed by atoms with Crippen molar-refractivity contribution >= 4 is 23.7 Å². The quantitative estimate of drug-likeness (QED) is 0.455. The highest BCUT2D eigenvalue weighted by atomic mass is 16.4. The Labute approximate surface area is 97.5 Å². The van der Waals surface area contributed by atoms with Gasteiger partial charge in [0.05, 0.1) is 12.5 Å². The summed E-state index contributed by atoms with van der Waals surface area (Å²) in [6.45, 7) is 2.53. The summed E-state index contributed by atoms with van der Waals surface area (Å²) in [5.41, 5.74) is 4.81. The molecule has 0 spiro atoms. The molecule has 2 unspecified atom stereocenters. The molecule has 0 fully saturated rings. The average Bonchev–Trinajstić information content (AvgIpc) is 2.14. The number of nitrogens with one attached hydrogen (secondary N) is 2. The van der Waals surface area contributed by atoms with Crippen molar-refractivity contribution in [3.63, 3.8) is 0 Å². The second kappa shape index (κ2) is 6.46. The maximum atomic E-state index is 11.4. The molecule has 0 saturated carbocycles. The topological polar surface area (TPSA) is 139 Å². The third kappa shape index (κ3) is 6.13. The fourth-order valence-corrected chi connectivity index (χ4v) is 1.05. The molecule has 0 aromatic carbocycles. The van der Waals surface area contributed by atoms with Gasteiger partial charge < -0.3 is 21.5 Å². The first-order chi connectivity index (χ1) is 7.73. The number of rotatable bonds is 6. The predicted octanol–water partition coefficient (Wildman–Crippen LogP) is -1.41. The van der Waals surface area contributed by atoms with E-state index in [4.69, 9.17) is 10.8 Å². The SMILES string of the molecule is CC(=O)C(CC(=O)O)NC(=O)C(C)NC(N)=O. The number of primary amides is 1. The van der Waals surface area contributed by atoms with E-state index in [0.717, 1.165) is 0 Å². The van der Waals surface area contributed by atoms with E-state index in [1.165, 1.54) is 13.8 Å². The van der Waals surface area contributed by atoms with Gasteiger partial charge in [0.25, 0.3) is 0 Å². The molecule has 0 aromatic rings. The molecule has 0 rings (SSSR count). The zero-order valence-corrected chi connectivity index (χ0v) is 9.52.